The minimum absolute atomic E-state index is 0.0198. The van der Waals surface area contributed by atoms with Crippen molar-refractivity contribution in [3.63, 3.8) is 0 Å². The molecule has 1 saturated carbocycles. The van der Waals surface area contributed by atoms with E-state index in [2.05, 4.69) is 5.10 Å². The van der Waals surface area contributed by atoms with Gasteiger partial charge in [0.1, 0.15) is 5.82 Å². The van der Waals surface area contributed by atoms with Crippen LogP contribution in [-0.2, 0) is 26.4 Å². The first kappa shape index (κ1) is 17.5. The lowest BCUT2D eigenvalue weighted by Gasteiger charge is -2.29. The Hall–Kier alpha value is -1.88. The summed E-state index contributed by atoms with van der Waals surface area (Å²) in [5, 5.41) is 4.83. The number of halogens is 2. The zero-order valence-corrected chi connectivity index (χ0v) is 15.7. The molecule has 0 aliphatic heterocycles. The topological polar surface area (TPSA) is 38.1 Å². The van der Waals surface area contributed by atoms with E-state index in [1.165, 1.54) is 23.4 Å². The molecule has 0 bridgehead atoms. The number of fused-ring (bicyclic) bond motifs is 1. The summed E-state index contributed by atoms with van der Waals surface area (Å²) < 4.78 is 16.3. The summed E-state index contributed by atoms with van der Waals surface area (Å²) >= 11 is 6.17. The van der Waals surface area contributed by atoms with Gasteiger partial charge in [-0.2, -0.15) is 5.10 Å². The van der Waals surface area contributed by atoms with Gasteiger partial charge < -0.3 is 4.90 Å². The smallest absolute Gasteiger partial charge is 0.258 e. The average Bonchev–Trinajstić information content (AvgIpc) is 3.33. The lowest BCUT2D eigenvalue weighted by atomic mass is 10.1. The predicted molar refractivity (Wildman–Crippen MR) is 98.8 cm³/mol. The largest absolute Gasteiger partial charge is 0.330 e. The Labute approximate surface area is 157 Å². The number of aryl methyl sites for hydroxylation is 1. The predicted octanol–water partition coefficient (Wildman–Crippen LogP) is 4.29. The molecule has 1 fully saturated rings. The van der Waals surface area contributed by atoms with E-state index in [1.807, 2.05) is 11.7 Å². The minimum Gasteiger partial charge on any atom is -0.330 e. The van der Waals surface area contributed by atoms with Crippen molar-refractivity contribution in [2.45, 2.75) is 57.5 Å². The monoisotopic (exact) mass is 375 g/mol. The van der Waals surface area contributed by atoms with Crippen LogP contribution in [0.3, 0.4) is 0 Å². The molecule has 1 heterocycles. The molecule has 2 aliphatic carbocycles. The fourth-order valence-corrected chi connectivity index (χ4v) is 4.66. The van der Waals surface area contributed by atoms with E-state index in [-0.39, 0.29) is 22.5 Å². The Morgan fingerprint density at radius 3 is 2.81 bits per heavy atom. The zero-order chi connectivity index (χ0) is 18.3. The molecule has 1 aromatic carbocycles. The summed E-state index contributed by atoms with van der Waals surface area (Å²) in [5.74, 6) is -0.880. The maximum atomic E-state index is 14.4. The summed E-state index contributed by atoms with van der Waals surface area (Å²) in [7, 11) is 1.96. The van der Waals surface area contributed by atoms with Crippen molar-refractivity contribution in [1.82, 2.24) is 14.7 Å². The summed E-state index contributed by atoms with van der Waals surface area (Å²) in [6.45, 7) is 0.428. The lowest BCUT2D eigenvalue weighted by molar-refractivity contribution is 0.0656. The molecule has 0 N–H and O–H groups in total. The normalized spacial score (nSPS) is 16.9. The van der Waals surface area contributed by atoms with Gasteiger partial charge in [-0.15, -0.1) is 0 Å². The van der Waals surface area contributed by atoms with E-state index in [9.17, 15) is 9.18 Å². The van der Waals surface area contributed by atoms with Gasteiger partial charge >= 0.3 is 0 Å². The third-order valence-electron chi connectivity index (χ3n) is 5.72. The van der Waals surface area contributed by atoms with Crippen LogP contribution in [0.2, 0.25) is 5.02 Å². The molecule has 2 aromatic rings. The van der Waals surface area contributed by atoms with Crippen LogP contribution in [0.4, 0.5) is 4.39 Å². The molecule has 4 nitrogen and oxygen atoms in total. The average molecular weight is 376 g/mol. The summed E-state index contributed by atoms with van der Waals surface area (Å²) in [6, 6.07) is 4.52. The van der Waals surface area contributed by atoms with Crippen LogP contribution in [0, 0.1) is 5.82 Å². The van der Waals surface area contributed by atoms with Crippen molar-refractivity contribution in [2.75, 3.05) is 0 Å². The molecule has 0 unspecified atom stereocenters. The SMILES string of the molecule is Cn1nc(CN(C(=O)c2c(F)cccc2Cl)C2CCCC2)c2c1CCC2. The van der Waals surface area contributed by atoms with Gasteiger partial charge in [0, 0.05) is 18.8 Å². The van der Waals surface area contributed by atoms with Crippen LogP contribution in [0.1, 0.15) is 59.4 Å². The van der Waals surface area contributed by atoms with Crippen molar-refractivity contribution in [1.29, 1.82) is 0 Å². The summed E-state index contributed by atoms with van der Waals surface area (Å²) in [4.78, 5) is 15.1. The first-order chi connectivity index (χ1) is 12.6. The standard InChI is InChI=1S/C20H23ClFN3O/c1-24-18-11-4-8-14(18)17(23-24)12-25(13-6-2-3-7-13)20(26)19-15(21)9-5-10-16(19)22/h5,9-10,13H,2-4,6-8,11-12H2,1H3. The number of nitrogens with zero attached hydrogens (tertiary/aromatic N) is 3. The minimum atomic E-state index is -0.559. The number of amides is 1. The van der Waals surface area contributed by atoms with Crippen LogP contribution in [-0.4, -0.2) is 26.6 Å². The highest BCUT2D eigenvalue weighted by Gasteiger charge is 2.32. The Morgan fingerprint density at radius 1 is 1.31 bits per heavy atom. The fraction of sp³-hybridized carbons (Fsp3) is 0.500. The Morgan fingerprint density at radius 2 is 2.08 bits per heavy atom. The fourth-order valence-electron chi connectivity index (χ4n) is 4.41. The molecule has 6 heteroatoms. The maximum Gasteiger partial charge on any atom is 0.258 e. The van der Waals surface area contributed by atoms with E-state index in [1.54, 1.807) is 11.0 Å². The summed E-state index contributed by atoms with van der Waals surface area (Å²) in [5.41, 5.74) is 3.46. The van der Waals surface area contributed by atoms with Crippen LogP contribution in [0.25, 0.3) is 0 Å². The Kier molecular flexibility index (Phi) is 4.74. The van der Waals surface area contributed by atoms with Gasteiger partial charge in [-0.1, -0.05) is 30.5 Å². The van der Waals surface area contributed by atoms with Crippen molar-refractivity contribution in [3.05, 3.63) is 51.6 Å². The molecule has 2 aliphatic rings. The van der Waals surface area contributed by atoms with Crippen LogP contribution < -0.4 is 0 Å². The first-order valence-electron chi connectivity index (χ1n) is 9.35. The Bertz CT molecular complexity index is 822. The van der Waals surface area contributed by atoms with Crippen molar-refractivity contribution < 1.29 is 9.18 Å². The highest BCUT2D eigenvalue weighted by molar-refractivity contribution is 6.33. The molecule has 0 radical (unpaired) electrons. The van der Waals surface area contributed by atoms with Gasteiger partial charge in [-0.3, -0.25) is 9.48 Å². The van der Waals surface area contributed by atoms with Crippen LogP contribution in [0.15, 0.2) is 18.2 Å². The quantitative estimate of drug-likeness (QED) is 0.799. The molecule has 4 rings (SSSR count). The van der Waals surface area contributed by atoms with Crippen molar-refractivity contribution >= 4 is 17.5 Å². The summed E-state index contributed by atoms with van der Waals surface area (Å²) in [6.07, 6.45) is 7.27. The van der Waals surface area contributed by atoms with Crippen molar-refractivity contribution in [3.8, 4) is 0 Å². The Balaban J connectivity index is 1.69. The molecule has 26 heavy (non-hydrogen) atoms. The second-order valence-electron chi connectivity index (χ2n) is 7.32. The molecule has 1 aromatic heterocycles. The third-order valence-corrected chi connectivity index (χ3v) is 6.04. The number of carbonyl (C=O) groups excluding carboxylic acids is 1. The molecule has 0 atom stereocenters. The van der Waals surface area contributed by atoms with E-state index < -0.39 is 5.82 Å². The van der Waals surface area contributed by atoms with E-state index in [0.717, 1.165) is 50.6 Å². The number of benzene rings is 1. The highest BCUT2D eigenvalue weighted by Crippen LogP contribution is 2.31. The third kappa shape index (κ3) is 3.02. The van der Waals surface area contributed by atoms with Gasteiger partial charge in [0.15, 0.2) is 0 Å². The molecule has 138 valence electrons. The second-order valence-corrected chi connectivity index (χ2v) is 7.72. The molecule has 1 amide bonds. The van der Waals surface area contributed by atoms with Gasteiger partial charge in [0.25, 0.3) is 5.91 Å². The van der Waals surface area contributed by atoms with E-state index in [0.29, 0.717) is 6.54 Å². The van der Waals surface area contributed by atoms with Gasteiger partial charge in [0.2, 0.25) is 0 Å². The molecular weight excluding hydrogens is 353 g/mol. The van der Waals surface area contributed by atoms with Crippen LogP contribution in [0.5, 0.6) is 0 Å². The number of carbonyl (C=O) groups is 1. The first-order valence-corrected chi connectivity index (χ1v) is 9.72. The second kappa shape index (κ2) is 7.03. The number of aromatic nitrogens is 2. The van der Waals surface area contributed by atoms with Crippen LogP contribution >= 0.6 is 11.6 Å². The van der Waals surface area contributed by atoms with E-state index in [4.69, 9.17) is 11.6 Å². The number of hydrogen-bond donors (Lipinski definition) is 0. The number of rotatable bonds is 4. The van der Waals surface area contributed by atoms with Crippen molar-refractivity contribution in [2.24, 2.45) is 7.05 Å². The van der Waals surface area contributed by atoms with Gasteiger partial charge in [-0.25, -0.2) is 4.39 Å². The van der Waals surface area contributed by atoms with E-state index >= 15 is 0 Å². The van der Waals surface area contributed by atoms with Gasteiger partial charge in [0.05, 0.1) is 22.8 Å². The molecular formula is C20H23ClFN3O. The molecule has 0 spiro atoms. The zero-order valence-electron chi connectivity index (χ0n) is 15.0. The van der Waals surface area contributed by atoms with Gasteiger partial charge in [-0.05, 0) is 49.8 Å². The number of hydrogen-bond acceptors (Lipinski definition) is 2. The molecule has 0 saturated heterocycles. The maximum absolute atomic E-state index is 14.4. The highest BCUT2D eigenvalue weighted by atomic mass is 35.5. The lowest BCUT2D eigenvalue weighted by Crippen LogP contribution is -2.39.